The molecule has 0 aliphatic carbocycles. The second kappa shape index (κ2) is 5.09. The highest BCUT2D eigenvalue weighted by Gasteiger charge is 2.23. The molecular weight excluding hydrogens is 220 g/mol. The molecule has 0 saturated carbocycles. The van der Waals surface area contributed by atoms with Gasteiger partial charge in [-0.3, -0.25) is 9.59 Å². The lowest BCUT2D eigenvalue weighted by Crippen LogP contribution is -2.40. The number of nitrogens with two attached hydrogens (primary N) is 1. The number of carbonyl (C=O) groups excluding carboxylic acids is 1. The number of aromatic amines is 1. The maximum absolute atomic E-state index is 12.0. The van der Waals surface area contributed by atoms with Crippen molar-refractivity contribution >= 4 is 5.91 Å². The second-order valence-corrected chi connectivity index (χ2v) is 4.28. The van der Waals surface area contributed by atoms with Gasteiger partial charge in [0.2, 0.25) is 0 Å². The molecule has 0 unspecified atom stereocenters. The summed E-state index contributed by atoms with van der Waals surface area (Å²) in [5.74, 6) is 0.388. The van der Waals surface area contributed by atoms with E-state index in [-0.39, 0.29) is 17.2 Å². The Morgan fingerprint density at radius 2 is 2.18 bits per heavy atom. The van der Waals surface area contributed by atoms with E-state index in [1.54, 1.807) is 4.90 Å². The van der Waals surface area contributed by atoms with E-state index < -0.39 is 0 Å². The quantitative estimate of drug-likeness (QED) is 0.729. The first kappa shape index (κ1) is 11.8. The number of amides is 1. The first-order valence-corrected chi connectivity index (χ1v) is 5.76. The summed E-state index contributed by atoms with van der Waals surface area (Å²) in [7, 11) is 0. The van der Waals surface area contributed by atoms with Crippen molar-refractivity contribution in [1.82, 2.24) is 15.1 Å². The molecule has 2 rings (SSSR count). The van der Waals surface area contributed by atoms with Crippen molar-refractivity contribution < 1.29 is 4.79 Å². The third kappa shape index (κ3) is 2.71. The van der Waals surface area contributed by atoms with Crippen LogP contribution in [0.4, 0.5) is 0 Å². The summed E-state index contributed by atoms with van der Waals surface area (Å²) >= 11 is 0. The molecule has 2 heterocycles. The van der Waals surface area contributed by atoms with E-state index in [0.29, 0.717) is 25.6 Å². The number of nitrogens with zero attached hydrogens (tertiary/aromatic N) is 2. The average Bonchev–Trinajstić information content (AvgIpc) is 2.39. The predicted octanol–water partition coefficient (Wildman–Crippen LogP) is -0.419. The molecule has 0 bridgehead atoms. The number of piperidine rings is 1. The van der Waals surface area contributed by atoms with Crippen LogP contribution in [-0.4, -0.2) is 40.6 Å². The van der Waals surface area contributed by atoms with Gasteiger partial charge in [-0.25, -0.2) is 5.10 Å². The fourth-order valence-electron chi connectivity index (χ4n) is 2.00. The van der Waals surface area contributed by atoms with Gasteiger partial charge in [0, 0.05) is 19.2 Å². The zero-order valence-electron chi connectivity index (χ0n) is 9.56. The minimum atomic E-state index is -0.302. The Labute approximate surface area is 98.8 Å². The van der Waals surface area contributed by atoms with Crippen LogP contribution in [0.2, 0.25) is 0 Å². The molecule has 0 spiro atoms. The molecule has 1 amide bonds. The maximum Gasteiger partial charge on any atom is 0.274 e. The minimum absolute atomic E-state index is 0.128. The van der Waals surface area contributed by atoms with Gasteiger partial charge in [-0.1, -0.05) is 0 Å². The summed E-state index contributed by atoms with van der Waals surface area (Å²) in [6.07, 6.45) is 1.87. The molecule has 1 aromatic rings. The second-order valence-electron chi connectivity index (χ2n) is 4.28. The summed E-state index contributed by atoms with van der Waals surface area (Å²) in [6, 6.07) is 2.77. The van der Waals surface area contributed by atoms with Gasteiger partial charge in [0.05, 0.1) is 0 Å². The monoisotopic (exact) mass is 236 g/mol. The number of nitrogens with one attached hydrogen (secondary N) is 1. The molecule has 3 N–H and O–H groups in total. The Kier molecular flexibility index (Phi) is 3.53. The van der Waals surface area contributed by atoms with Crippen LogP contribution in [0.3, 0.4) is 0 Å². The van der Waals surface area contributed by atoms with Gasteiger partial charge >= 0.3 is 0 Å². The first-order chi connectivity index (χ1) is 8.20. The molecule has 6 heteroatoms. The highest BCUT2D eigenvalue weighted by molar-refractivity contribution is 5.92. The lowest BCUT2D eigenvalue weighted by molar-refractivity contribution is 0.0686. The zero-order valence-corrected chi connectivity index (χ0v) is 9.56. The number of H-pyrrole nitrogens is 1. The van der Waals surface area contributed by atoms with Crippen LogP contribution in [0, 0.1) is 5.92 Å². The van der Waals surface area contributed by atoms with Gasteiger partial charge in [0.15, 0.2) is 0 Å². The van der Waals surface area contributed by atoms with E-state index in [1.807, 2.05) is 0 Å². The van der Waals surface area contributed by atoms with Crippen LogP contribution in [0.5, 0.6) is 0 Å². The summed E-state index contributed by atoms with van der Waals surface area (Å²) in [4.78, 5) is 24.6. The van der Waals surface area contributed by atoms with Crippen LogP contribution in [0.1, 0.15) is 23.3 Å². The molecule has 0 aromatic carbocycles. The largest absolute Gasteiger partial charge is 0.337 e. The van der Waals surface area contributed by atoms with E-state index in [1.165, 1.54) is 12.1 Å². The number of rotatable bonds is 2. The van der Waals surface area contributed by atoms with Gasteiger partial charge < -0.3 is 10.6 Å². The SMILES string of the molecule is NCC1CCN(C(=O)c2ccc(=O)[nH]n2)CC1. The van der Waals surface area contributed by atoms with Gasteiger partial charge in [-0.05, 0) is 31.4 Å². The smallest absolute Gasteiger partial charge is 0.274 e. The topological polar surface area (TPSA) is 92.1 Å². The molecule has 1 aliphatic heterocycles. The molecule has 1 fully saturated rings. The van der Waals surface area contributed by atoms with Crippen molar-refractivity contribution in [2.24, 2.45) is 11.7 Å². The Hall–Kier alpha value is -1.69. The number of hydrogen-bond acceptors (Lipinski definition) is 4. The van der Waals surface area contributed by atoms with Gasteiger partial charge in [0.1, 0.15) is 5.69 Å². The van der Waals surface area contributed by atoms with Crippen molar-refractivity contribution in [2.45, 2.75) is 12.8 Å². The van der Waals surface area contributed by atoms with Crippen molar-refractivity contribution in [2.75, 3.05) is 19.6 Å². The van der Waals surface area contributed by atoms with Crippen LogP contribution < -0.4 is 11.3 Å². The van der Waals surface area contributed by atoms with Gasteiger partial charge in [-0.2, -0.15) is 5.10 Å². The first-order valence-electron chi connectivity index (χ1n) is 5.76. The average molecular weight is 236 g/mol. The highest BCUT2D eigenvalue weighted by Crippen LogP contribution is 2.16. The van der Waals surface area contributed by atoms with E-state index in [2.05, 4.69) is 10.2 Å². The van der Waals surface area contributed by atoms with Crippen LogP contribution in [0.15, 0.2) is 16.9 Å². The standard InChI is InChI=1S/C11H16N4O2/c12-7-8-3-5-15(6-4-8)11(17)9-1-2-10(16)14-13-9/h1-2,8H,3-7,12H2,(H,14,16). The van der Waals surface area contributed by atoms with E-state index >= 15 is 0 Å². The van der Waals surface area contributed by atoms with E-state index in [4.69, 9.17) is 5.73 Å². The Balaban J connectivity index is 2.01. The molecule has 1 saturated heterocycles. The number of hydrogen-bond donors (Lipinski definition) is 2. The van der Waals surface area contributed by atoms with E-state index in [0.717, 1.165) is 12.8 Å². The summed E-state index contributed by atoms with van der Waals surface area (Å²) in [6.45, 7) is 2.10. The number of likely N-dealkylation sites (tertiary alicyclic amines) is 1. The van der Waals surface area contributed by atoms with Crippen LogP contribution in [0.25, 0.3) is 0 Å². The Morgan fingerprint density at radius 3 is 2.71 bits per heavy atom. The fraction of sp³-hybridized carbons (Fsp3) is 0.545. The van der Waals surface area contributed by atoms with Crippen molar-refractivity contribution in [3.8, 4) is 0 Å². The third-order valence-electron chi connectivity index (χ3n) is 3.13. The van der Waals surface area contributed by atoms with E-state index in [9.17, 15) is 9.59 Å². The summed E-state index contributed by atoms with van der Waals surface area (Å²) in [5.41, 5.74) is 5.58. The molecule has 92 valence electrons. The van der Waals surface area contributed by atoms with Crippen molar-refractivity contribution in [1.29, 1.82) is 0 Å². The molecule has 6 nitrogen and oxygen atoms in total. The molecule has 1 aromatic heterocycles. The summed E-state index contributed by atoms with van der Waals surface area (Å²) in [5, 5.41) is 6.01. The van der Waals surface area contributed by atoms with Gasteiger partial charge in [0.25, 0.3) is 11.5 Å². The lowest BCUT2D eigenvalue weighted by atomic mass is 9.97. The van der Waals surface area contributed by atoms with Crippen molar-refractivity contribution in [3.63, 3.8) is 0 Å². The summed E-state index contributed by atoms with van der Waals surface area (Å²) < 4.78 is 0. The maximum atomic E-state index is 12.0. The number of carbonyl (C=O) groups is 1. The molecule has 0 atom stereocenters. The molecule has 0 radical (unpaired) electrons. The lowest BCUT2D eigenvalue weighted by Gasteiger charge is -2.31. The third-order valence-corrected chi connectivity index (χ3v) is 3.13. The minimum Gasteiger partial charge on any atom is -0.337 e. The Morgan fingerprint density at radius 1 is 1.47 bits per heavy atom. The normalized spacial score (nSPS) is 17.1. The number of aromatic nitrogens is 2. The molecule has 1 aliphatic rings. The highest BCUT2D eigenvalue weighted by atomic mass is 16.2. The zero-order chi connectivity index (χ0) is 12.3. The van der Waals surface area contributed by atoms with Gasteiger partial charge in [-0.15, -0.1) is 0 Å². The Bertz CT molecular complexity index is 429. The van der Waals surface area contributed by atoms with Crippen LogP contribution >= 0.6 is 0 Å². The molecular formula is C11H16N4O2. The predicted molar refractivity (Wildman–Crippen MR) is 62.5 cm³/mol. The fourth-order valence-corrected chi connectivity index (χ4v) is 2.00. The molecule has 17 heavy (non-hydrogen) atoms. The van der Waals surface area contributed by atoms with Crippen LogP contribution in [-0.2, 0) is 0 Å². The van der Waals surface area contributed by atoms with Crippen molar-refractivity contribution in [3.05, 3.63) is 28.2 Å².